The van der Waals surface area contributed by atoms with E-state index in [1.54, 1.807) is 4.90 Å². The maximum absolute atomic E-state index is 12.0. The summed E-state index contributed by atoms with van der Waals surface area (Å²) in [7, 11) is 0. The van der Waals surface area contributed by atoms with Crippen molar-refractivity contribution in [3.8, 4) is 0 Å². The lowest BCUT2D eigenvalue weighted by molar-refractivity contribution is -0.140. The molecule has 0 aliphatic carbocycles. The SMILES string of the molecule is CCCC(C)C(=O)N1CCCC1C(N)=O. The highest BCUT2D eigenvalue weighted by atomic mass is 16.2. The zero-order valence-corrected chi connectivity index (χ0v) is 9.53. The molecule has 1 aliphatic rings. The van der Waals surface area contributed by atoms with E-state index in [0.29, 0.717) is 6.54 Å². The van der Waals surface area contributed by atoms with E-state index < -0.39 is 0 Å². The number of likely N-dealkylation sites (tertiary alicyclic amines) is 1. The number of carbonyl (C=O) groups excluding carboxylic acids is 2. The second-order valence-electron chi connectivity index (χ2n) is 4.28. The van der Waals surface area contributed by atoms with Gasteiger partial charge in [-0.05, 0) is 19.3 Å². The predicted molar refractivity (Wildman–Crippen MR) is 58.0 cm³/mol. The Kier molecular flexibility index (Phi) is 4.12. The Balaban J connectivity index is 2.62. The molecule has 2 N–H and O–H groups in total. The van der Waals surface area contributed by atoms with Crippen LogP contribution in [0.3, 0.4) is 0 Å². The molecule has 1 aliphatic heterocycles. The highest BCUT2D eigenvalue weighted by molar-refractivity contribution is 5.88. The Bertz CT molecular complexity index is 253. The Morgan fingerprint density at radius 3 is 2.73 bits per heavy atom. The van der Waals surface area contributed by atoms with Gasteiger partial charge in [-0.3, -0.25) is 9.59 Å². The van der Waals surface area contributed by atoms with Gasteiger partial charge >= 0.3 is 0 Å². The van der Waals surface area contributed by atoms with Gasteiger partial charge < -0.3 is 10.6 Å². The summed E-state index contributed by atoms with van der Waals surface area (Å²) >= 11 is 0. The van der Waals surface area contributed by atoms with Crippen LogP contribution in [-0.4, -0.2) is 29.3 Å². The van der Waals surface area contributed by atoms with Crippen molar-refractivity contribution in [1.29, 1.82) is 0 Å². The van der Waals surface area contributed by atoms with Crippen LogP contribution in [-0.2, 0) is 9.59 Å². The minimum absolute atomic E-state index is 0.00921. The molecule has 0 spiro atoms. The maximum atomic E-state index is 12.0. The van der Waals surface area contributed by atoms with Crippen molar-refractivity contribution < 1.29 is 9.59 Å². The van der Waals surface area contributed by atoms with Crippen molar-refractivity contribution in [3.05, 3.63) is 0 Å². The quantitative estimate of drug-likeness (QED) is 0.752. The lowest BCUT2D eigenvalue weighted by Crippen LogP contribution is -2.45. The zero-order chi connectivity index (χ0) is 11.4. The third kappa shape index (κ3) is 2.70. The first-order valence-corrected chi connectivity index (χ1v) is 5.67. The summed E-state index contributed by atoms with van der Waals surface area (Å²) < 4.78 is 0. The number of primary amides is 1. The second-order valence-corrected chi connectivity index (χ2v) is 4.28. The first-order chi connectivity index (χ1) is 7.07. The molecule has 0 saturated carbocycles. The molecule has 1 rings (SSSR count). The highest BCUT2D eigenvalue weighted by Gasteiger charge is 2.34. The Morgan fingerprint density at radius 1 is 1.53 bits per heavy atom. The molecular formula is C11H20N2O2. The molecule has 0 aromatic carbocycles. The van der Waals surface area contributed by atoms with Gasteiger partial charge in [-0.15, -0.1) is 0 Å². The third-order valence-corrected chi connectivity index (χ3v) is 3.01. The molecule has 1 saturated heterocycles. The molecule has 4 nitrogen and oxygen atoms in total. The molecular weight excluding hydrogens is 192 g/mol. The van der Waals surface area contributed by atoms with Gasteiger partial charge in [0, 0.05) is 12.5 Å². The standard InChI is InChI=1S/C11H20N2O2/c1-3-5-8(2)11(15)13-7-4-6-9(13)10(12)14/h8-9H,3-7H2,1-2H3,(H2,12,14). The molecule has 0 radical (unpaired) electrons. The van der Waals surface area contributed by atoms with Gasteiger partial charge in [0.1, 0.15) is 6.04 Å². The van der Waals surface area contributed by atoms with Crippen LogP contribution in [0.4, 0.5) is 0 Å². The number of carbonyl (C=O) groups is 2. The molecule has 2 atom stereocenters. The lowest BCUT2D eigenvalue weighted by atomic mass is 10.0. The van der Waals surface area contributed by atoms with Crippen molar-refractivity contribution in [2.24, 2.45) is 11.7 Å². The van der Waals surface area contributed by atoms with Crippen LogP contribution < -0.4 is 5.73 Å². The third-order valence-electron chi connectivity index (χ3n) is 3.01. The smallest absolute Gasteiger partial charge is 0.240 e. The van der Waals surface area contributed by atoms with E-state index in [0.717, 1.165) is 25.7 Å². The number of hydrogen-bond acceptors (Lipinski definition) is 2. The van der Waals surface area contributed by atoms with Crippen LogP contribution >= 0.6 is 0 Å². The molecule has 0 aromatic rings. The molecule has 4 heteroatoms. The predicted octanol–water partition coefficient (Wildman–Crippen LogP) is 0.899. The first kappa shape index (κ1) is 12.0. The van der Waals surface area contributed by atoms with Gasteiger partial charge in [-0.25, -0.2) is 0 Å². The average Bonchev–Trinajstić information content (AvgIpc) is 2.65. The van der Waals surface area contributed by atoms with Gasteiger partial charge in [0.15, 0.2) is 0 Å². The van der Waals surface area contributed by atoms with Gasteiger partial charge in [-0.2, -0.15) is 0 Å². The summed E-state index contributed by atoms with van der Waals surface area (Å²) in [5.74, 6) is -0.280. The van der Waals surface area contributed by atoms with Gasteiger partial charge in [0.05, 0.1) is 0 Å². The van der Waals surface area contributed by atoms with Crippen molar-refractivity contribution in [1.82, 2.24) is 4.90 Å². The molecule has 1 fully saturated rings. The Labute approximate surface area is 90.8 Å². The number of amides is 2. The molecule has 2 amide bonds. The summed E-state index contributed by atoms with van der Waals surface area (Å²) in [6.07, 6.45) is 3.47. The van der Waals surface area contributed by atoms with E-state index in [2.05, 4.69) is 6.92 Å². The minimum atomic E-state index is -0.371. The monoisotopic (exact) mass is 212 g/mol. The first-order valence-electron chi connectivity index (χ1n) is 5.67. The number of nitrogens with two attached hydrogens (primary N) is 1. The van der Waals surface area contributed by atoms with Crippen molar-refractivity contribution in [2.75, 3.05) is 6.54 Å². The molecule has 86 valence electrons. The molecule has 0 bridgehead atoms. The van der Waals surface area contributed by atoms with Crippen LogP contribution in [0.15, 0.2) is 0 Å². The van der Waals surface area contributed by atoms with Gasteiger partial charge in [0.2, 0.25) is 11.8 Å². The van der Waals surface area contributed by atoms with Crippen LogP contribution in [0.5, 0.6) is 0 Å². The Morgan fingerprint density at radius 2 is 2.20 bits per heavy atom. The van der Waals surface area contributed by atoms with Crippen molar-refractivity contribution >= 4 is 11.8 Å². The van der Waals surface area contributed by atoms with Crippen molar-refractivity contribution in [2.45, 2.75) is 45.6 Å². The summed E-state index contributed by atoms with van der Waals surface area (Å²) in [5.41, 5.74) is 5.27. The van der Waals surface area contributed by atoms with Gasteiger partial charge in [0.25, 0.3) is 0 Å². The fourth-order valence-corrected chi connectivity index (χ4v) is 2.17. The molecule has 1 heterocycles. The molecule has 15 heavy (non-hydrogen) atoms. The summed E-state index contributed by atoms with van der Waals surface area (Å²) in [5, 5.41) is 0. The number of rotatable bonds is 4. The fourth-order valence-electron chi connectivity index (χ4n) is 2.17. The lowest BCUT2D eigenvalue weighted by Gasteiger charge is -2.25. The average molecular weight is 212 g/mol. The molecule has 2 unspecified atom stereocenters. The van der Waals surface area contributed by atoms with Crippen LogP contribution in [0.1, 0.15) is 39.5 Å². The van der Waals surface area contributed by atoms with Crippen molar-refractivity contribution in [3.63, 3.8) is 0 Å². The molecule has 0 aromatic heterocycles. The second kappa shape index (κ2) is 5.14. The highest BCUT2D eigenvalue weighted by Crippen LogP contribution is 2.21. The van der Waals surface area contributed by atoms with E-state index >= 15 is 0 Å². The van der Waals surface area contributed by atoms with E-state index in [1.165, 1.54) is 0 Å². The maximum Gasteiger partial charge on any atom is 0.240 e. The van der Waals surface area contributed by atoms with Crippen LogP contribution in [0.2, 0.25) is 0 Å². The van der Waals surface area contributed by atoms with E-state index in [9.17, 15) is 9.59 Å². The Hall–Kier alpha value is -1.06. The number of nitrogens with zero attached hydrogens (tertiary/aromatic N) is 1. The number of hydrogen-bond donors (Lipinski definition) is 1. The topological polar surface area (TPSA) is 63.4 Å². The van der Waals surface area contributed by atoms with Gasteiger partial charge in [-0.1, -0.05) is 20.3 Å². The van der Waals surface area contributed by atoms with Crippen LogP contribution in [0.25, 0.3) is 0 Å². The normalized spacial score (nSPS) is 22.8. The summed E-state index contributed by atoms with van der Waals surface area (Å²) in [4.78, 5) is 24.7. The van der Waals surface area contributed by atoms with Crippen LogP contribution in [0, 0.1) is 5.92 Å². The zero-order valence-electron chi connectivity index (χ0n) is 9.53. The fraction of sp³-hybridized carbons (Fsp3) is 0.818. The van der Waals surface area contributed by atoms with E-state index in [4.69, 9.17) is 5.73 Å². The summed E-state index contributed by atoms with van der Waals surface area (Å²) in [6.45, 7) is 4.65. The van der Waals surface area contributed by atoms with E-state index in [1.807, 2.05) is 6.92 Å². The minimum Gasteiger partial charge on any atom is -0.368 e. The van der Waals surface area contributed by atoms with E-state index in [-0.39, 0.29) is 23.8 Å². The largest absolute Gasteiger partial charge is 0.368 e. The summed E-state index contributed by atoms with van der Waals surface area (Å²) in [6, 6.07) is -0.364.